The summed E-state index contributed by atoms with van der Waals surface area (Å²) in [5, 5.41) is 0. The molecular weight excluding hydrogens is 1000 g/mol. The van der Waals surface area contributed by atoms with Gasteiger partial charge in [-0.05, 0) is 93.0 Å². The third kappa shape index (κ3) is 13.1. The van der Waals surface area contributed by atoms with E-state index in [1.54, 1.807) is 0 Å². The fraction of sp³-hybridized carbons (Fsp3) is 0.153. The van der Waals surface area contributed by atoms with E-state index in [-0.39, 0.29) is 30.9 Å². The number of hydrogen-bond acceptors (Lipinski definition) is 2. The number of pyridine rings is 2. The van der Waals surface area contributed by atoms with E-state index in [9.17, 15) is 17.6 Å². The summed E-state index contributed by atoms with van der Waals surface area (Å²) < 4.78 is 49.5. The fourth-order valence-corrected chi connectivity index (χ4v) is 6.66. The molecular formula is C59H46F4IrN2-2. The van der Waals surface area contributed by atoms with Gasteiger partial charge in [0.05, 0.1) is 5.56 Å². The van der Waals surface area contributed by atoms with Gasteiger partial charge in [0.15, 0.2) is 0 Å². The van der Waals surface area contributed by atoms with Gasteiger partial charge in [-0.3, -0.25) is 4.39 Å². The second-order valence-corrected chi connectivity index (χ2v) is 17.6. The zero-order chi connectivity index (χ0) is 46.2. The summed E-state index contributed by atoms with van der Waals surface area (Å²) in [7, 11) is 0. The first kappa shape index (κ1) is 48.6. The van der Waals surface area contributed by atoms with Gasteiger partial charge >= 0.3 is 6.18 Å². The molecule has 66 heavy (non-hydrogen) atoms. The van der Waals surface area contributed by atoms with Gasteiger partial charge in [-0.1, -0.05) is 149 Å². The van der Waals surface area contributed by atoms with Crippen LogP contribution in [0.15, 0.2) is 170 Å². The molecule has 0 spiro atoms. The topological polar surface area (TPSA) is 25.8 Å². The maximum Gasteiger partial charge on any atom is 0.417 e. The molecule has 8 rings (SSSR count). The van der Waals surface area contributed by atoms with Crippen LogP contribution in [0, 0.1) is 41.6 Å². The van der Waals surface area contributed by atoms with Crippen molar-refractivity contribution >= 4 is 0 Å². The molecule has 2 heterocycles. The van der Waals surface area contributed by atoms with Crippen molar-refractivity contribution in [2.45, 2.75) is 58.5 Å². The molecule has 331 valence electrons. The SMILES string of the molecule is CC(C)(C)c1ccc(C#Cc2ccc(-c3c[c-]c(-c4ccc(-c5ccc(C#Cc6ccc(C(C)(C)C)cc6)cc5)cn4)cc3)cc2)cc1.Fc1c[c-]c(-c2ccc(C(F)(F)F)cn2)cc1.[Ir]. The van der Waals surface area contributed by atoms with Gasteiger partial charge in [0.2, 0.25) is 0 Å². The molecule has 0 aliphatic heterocycles. The van der Waals surface area contributed by atoms with Crippen LogP contribution in [0.2, 0.25) is 0 Å². The van der Waals surface area contributed by atoms with Crippen LogP contribution >= 0.6 is 0 Å². The van der Waals surface area contributed by atoms with E-state index in [0.29, 0.717) is 11.3 Å². The largest absolute Gasteiger partial charge is 0.417 e. The number of alkyl halides is 3. The Bertz CT molecular complexity index is 2800. The van der Waals surface area contributed by atoms with Crippen molar-refractivity contribution in [3.05, 3.63) is 227 Å². The summed E-state index contributed by atoms with van der Waals surface area (Å²) in [5.41, 5.74) is 13.2. The van der Waals surface area contributed by atoms with Crippen molar-refractivity contribution in [3.63, 3.8) is 0 Å². The number of hydrogen-bond donors (Lipinski definition) is 0. The number of halogens is 4. The average Bonchev–Trinajstić information content (AvgIpc) is 3.31. The van der Waals surface area contributed by atoms with Crippen molar-refractivity contribution in [3.8, 4) is 68.5 Å². The van der Waals surface area contributed by atoms with E-state index in [1.807, 2.05) is 12.3 Å². The summed E-state index contributed by atoms with van der Waals surface area (Å²) in [6.45, 7) is 13.3. The third-order valence-corrected chi connectivity index (χ3v) is 10.6. The molecule has 0 unspecified atom stereocenters. The van der Waals surface area contributed by atoms with Gasteiger partial charge in [-0.2, -0.15) is 13.2 Å². The summed E-state index contributed by atoms with van der Waals surface area (Å²) in [4.78, 5) is 8.42. The van der Waals surface area contributed by atoms with Crippen molar-refractivity contribution in [1.29, 1.82) is 0 Å². The summed E-state index contributed by atoms with van der Waals surface area (Å²) >= 11 is 0. The van der Waals surface area contributed by atoms with Gasteiger partial charge in [-0.15, -0.1) is 59.7 Å². The zero-order valence-corrected chi connectivity index (χ0v) is 39.8. The monoisotopic (exact) mass is 1050 g/mol. The van der Waals surface area contributed by atoms with E-state index >= 15 is 0 Å². The van der Waals surface area contributed by atoms with Crippen LogP contribution in [0.3, 0.4) is 0 Å². The van der Waals surface area contributed by atoms with E-state index < -0.39 is 17.6 Å². The summed E-state index contributed by atoms with van der Waals surface area (Å²) in [6, 6.07) is 56.1. The molecule has 0 N–H and O–H groups in total. The Kier molecular flexibility index (Phi) is 15.4. The summed E-state index contributed by atoms with van der Waals surface area (Å²) in [6.07, 6.45) is -1.74. The molecule has 2 aromatic heterocycles. The Labute approximate surface area is 399 Å². The Morgan fingerprint density at radius 1 is 0.394 bits per heavy atom. The number of benzene rings is 6. The average molecular weight is 1050 g/mol. The van der Waals surface area contributed by atoms with Crippen LogP contribution in [-0.2, 0) is 37.1 Å². The van der Waals surface area contributed by atoms with Crippen LogP contribution in [0.5, 0.6) is 0 Å². The first-order valence-electron chi connectivity index (χ1n) is 21.1. The summed E-state index contributed by atoms with van der Waals surface area (Å²) in [5.74, 6) is 12.7. The molecule has 0 saturated heterocycles. The second kappa shape index (κ2) is 21.0. The molecule has 0 fully saturated rings. The van der Waals surface area contributed by atoms with Crippen LogP contribution in [0.25, 0.3) is 44.8 Å². The number of aromatic nitrogens is 2. The predicted molar refractivity (Wildman–Crippen MR) is 255 cm³/mol. The molecule has 2 nitrogen and oxygen atoms in total. The Morgan fingerprint density at radius 3 is 1.11 bits per heavy atom. The van der Waals surface area contributed by atoms with Crippen molar-refractivity contribution in [2.24, 2.45) is 0 Å². The maximum atomic E-state index is 12.6. The Hall–Kier alpha value is -6.89. The van der Waals surface area contributed by atoms with E-state index in [0.717, 1.165) is 74.1 Å². The molecule has 0 aliphatic rings. The molecule has 0 saturated carbocycles. The van der Waals surface area contributed by atoms with Crippen LogP contribution < -0.4 is 0 Å². The van der Waals surface area contributed by atoms with Gasteiger partial charge in [0.25, 0.3) is 0 Å². The molecule has 0 amide bonds. The molecule has 0 aliphatic carbocycles. The van der Waals surface area contributed by atoms with Gasteiger partial charge in [0.1, 0.15) is 0 Å². The van der Waals surface area contributed by atoms with Crippen LogP contribution in [-0.4, -0.2) is 9.97 Å². The van der Waals surface area contributed by atoms with Crippen molar-refractivity contribution in [2.75, 3.05) is 0 Å². The van der Waals surface area contributed by atoms with Gasteiger partial charge in [-0.25, -0.2) is 0 Å². The number of rotatable bonds is 4. The van der Waals surface area contributed by atoms with Gasteiger partial charge in [0, 0.05) is 60.6 Å². The van der Waals surface area contributed by atoms with Gasteiger partial charge < -0.3 is 9.97 Å². The Balaban J connectivity index is 0.000000336. The van der Waals surface area contributed by atoms with Crippen molar-refractivity contribution < 1.29 is 37.7 Å². The van der Waals surface area contributed by atoms with Crippen LogP contribution in [0.4, 0.5) is 17.6 Å². The standard InChI is InChI=1S/C47H40N.C12H6F4N.Ir/c1-46(2,3)43-28-15-36(16-29-43)9-7-34-11-19-38(20-12-34)39-23-25-41(26-24-39)45-32-27-42(33-48-45)40-21-13-35(14-22-40)8-10-37-17-30-44(31-18-37)47(4,5)6;13-10-4-1-8(2-5-10)11-6-3-9(7-17-11)12(14,15)16;/h11-25,27-33H,1-6H3;1,3-7H;/q2*-1;. The Morgan fingerprint density at radius 2 is 0.758 bits per heavy atom. The normalized spacial score (nSPS) is 11.1. The molecule has 1 radical (unpaired) electrons. The maximum absolute atomic E-state index is 12.6. The molecule has 8 aromatic rings. The predicted octanol–water partition coefficient (Wildman–Crippen LogP) is 15.0. The first-order valence-corrected chi connectivity index (χ1v) is 21.1. The first-order chi connectivity index (χ1) is 31.0. The third-order valence-electron chi connectivity index (χ3n) is 10.6. The quantitative estimate of drug-likeness (QED) is 0.0997. The van der Waals surface area contributed by atoms with E-state index in [4.69, 9.17) is 4.98 Å². The number of nitrogens with zero attached hydrogens (tertiary/aromatic N) is 2. The molecule has 0 atom stereocenters. The minimum absolute atomic E-state index is 0. The van der Waals surface area contributed by atoms with Crippen molar-refractivity contribution in [1.82, 2.24) is 9.97 Å². The van der Waals surface area contributed by atoms with E-state index in [1.165, 1.54) is 29.3 Å². The minimum Gasteiger partial charge on any atom is -0.304 e. The molecule has 6 aromatic carbocycles. The smallest absolute Gasteiger partial charge is 0.304 e. The van der Waals surface area contributed by atoms with Crippen LogP contribution in [0.1, 0.15) is 80.5 Å². The minimum atomic E-state index is -4.40. The molecule has 7 heteroatoms. The fourth-order valence-electron chi connectivity index (χ4n) is 6.66. The second-order valence-electron chi connectivity index (χ2n) is 17.6. The van der Waals surface area contributed by atoms with E-state index in [2.05, 4.69) is 204 Å². The zero-order valence-electron chi connectivity index (χ0n) is 37.4. The molecule has 0 bridgehead atoms.